The molecule has 0 aromatic carbocycles. The molecule has 0 spiro atoms. The summed E-state index contributed by atoms with van der Waals surface area (Å²) < 4.78 is 26.2. The summed E-state index contributed by atoms with van der Waals surface area (Å²) in [6, 6.07) is 0. The van der Waals surface area contributed by atoms with Crippen LogP contribution in [0.4, 0.5) is 0 Å². The van der Waals surface area contributed by atoms with Crippen molar-refractivity contribution in [3.8, 4) is 0 Å². The molecule has 0 aromatic rings. The van der Waals surface area contributed by atoms with Crippen LogP contribution in [0.5, 0.6) is 0 Å². The number of sulfonamides is 1. The van der Waals surface area contributed by atoms with Crippen molar-refractivity contribution in [3.05, 3.63) is 0 Å². The van der Waals surface area contributed by atoms with E-state index in [1.807, 2.05) is 7.05 Å². The van der Waals surface area contributed by atoms with Gasteiger partial charge in [-0.15, -0.1) is 0 Å². The van der Waals surface area contributed by atoms with E-state index in [0.29, 0.717) is 18.9 Å². The van der Waals surface area contributed by atoms with E-state index in [1.54, 1.807) is 0 Å². The molecule has 0 radical (unpaired) electrons. The Kier molecular flexibility index (Phi) is 4.44. The second kappa shape index (κ2) is 5.67. The first kappa shape index (κ1) is 13.3. The Morgan fingerprint density at radius 3 is 2.65 bits per heavy atom. The van der Waals surface area contributed by atoms with Crippen LogP contribution in [0.3, 0.4) is 0 Å². The van der Waals surface area contributed by atoms with Crippen LogP contribution in [0.1, 0.15) is 32.1 Å². The average molecular weight is 260 g/mol. The van der Waals surface area contributed by atoms with Crippen LogP contribution in [-0.2, 0) is 10.0 Å². The molecule has 2 aliphatic rings. The molecule has 0 heterocycles. The summed E-state index contributed by atoms with van der Waals surface area (Å²) >= 11 is 0. The molecule has 0 aromatic heterocycles. The highest BCUT2D eigenvalue weighted by atomic mass is 32.2. The molecule has 2 N–H and O–H groups in total. The Hall–Kier alpha value is -0.130. The van der Waals surface area contributed by atoms with Crippen LogP contribution >= 0.6 is 0 Å². The highest BCUT2D eigenvalue weighted by molar-refractivity contribution is 7.89. The standard InChI is InChI=1S/C12H24N2O2S/c1-13-5-2-6-17(15,16)14-9-12-8-10-3-4-11(12)7-10/h10-14H,2-9H2,1H3. The van der Waals surface area contributed by atoms with Gasteiger partial charge in [-0.2, -0.15) is 0 Å². The minimum Gasteiger partial charge on any atom is -0.320 e. The first-order valence-electron chi connectivity index (χ1n) is 6.72. The number of hydrogen-bond acceptors (Lipinski definition) is 3. The second-order valence-corrected chi connectivity index (χ2v) is 7.49. The van der Waals surface area contributed by atoms with Crippen molar-refractivity contribution in [2.24, 2.45) is 17.8 Å². The van der Waals surface area contributed by atoms with Gasteiger partial charge in [0.25, 0.3) is 0 Å². The van der Waals surface area contributed by atoms with Gasteiger partial charge < -0.3 is 5.32 Å². The molecule has 4 nitrogen and oxygen atoms in total. The third kappa shape index (κ3) is 3.66. The van der Waals surface area contributed by atoms with E-state index in [1.165, 1.54) is 25.7 Å². The Morgan fingerprint density at radius 1 is 1.24 bits per heavy atom. The summed E-state index contributed by atoms with van der Waals surface area (Å²) in [6.07, 6.45) is 5.95. The highest BCUT2D eigenvalue weighted by Crippen LogP contribution is 2.47. The summed E-state index contributed by atoms with van der Waals surface area (Å²) in [4.78, 5) is 0. The van der Waals surface area contributed by atoms with Crippen LogP contribution in [0.15, 0.2) is 0 Å². The molecule has 5 heteroatoms. The van der Waals surface area contributed by atoms with Gasteiger partial charge in [-0.05, 0) is 57.0 Å². The molecular formula is C12H24N2O2S. The van der Waals surface area contributed by atoms with Gasteiger partial charge in [0.05, 0.1) is 5.75 Å². The van der Waals surface area contributed by atoms with Gasteiger partial charge in [0.15, 0.2) is 0 Å². The van der Waals surface area contributed by atoms with Gasteiger partial charge in [-0.25, -0.2) is 13.1 Å². The largest absolute Gasteiger partial charge is 0.320 e. The lowest BCUT2D eigenvalue weighted by molar-refractivity contribution is 0.333. The SMILES string of the molecule is CNCCCS(=O)(=O)NCC1CC2CCC1C2. The van der Waals surface area contributed by atoms with Crippen LogP contribution in [0.2, 0.25) is 0 Å². The third-order valence-electron chi connectivity index (χ3n) is 4.29. The number of hydrogen-bond donors (Lipinski definition) is 2. The van der Waals surface area contributed by atoms with Gasteiger partial charge >= 0.3 is 0 Å². The molecule has 2 saturated carbocycles. The first-order chi connectivity index (χ1) is 8.11. The maximum absolute atomic E-state index is 11.7. The highest BCUT2D eigenvalue weighted by Gasteiger charge is 2.39. The topological polar surface area (TPSA) is 58.2 Å². The summed E-state index contributed by atoms with van der Waals surface area (Å²) in [6.45, 7) is 1.43. The monoisotopic (exact) mass is 260 g/mol. The van der Waals surface area contributed by atoms with Gasteiger partial charge in [0.2, 0.25) is 10.0 Å². The predicted molar refractivity (Wildman–Crippen MR) is 69.3 cm³/mol. The van der Waals surface area contributed by atoms with E-state index < -0.39 is 10.0 Å². The zero-order valence-corrected chi connectivity index (χ0v) is 11.4. The molecule has 0 amide bonds. The molecule has 2 fully saturated rings. The van der Waals surface area contributed by atoms with Crippen LogP contribution in [-0.4, -0.2) is 34.3 Å². The smallest absolute Gasteiger partial charge is 0.211 e. The Morgan fingerprint density at radius 2 is 2.06 bits per heavy atom. The Labute approximate surface area is 105 Å². The summed E-state index contributed by atoms with van der Waals surface area (Å²) in [5, 5.41) is 2.97. The zero-order chi connectivity index (χ0) is 12.3. The summed E-state index contributed by atoms with van der Waals surface area (Å²) in [5.41, 5.74) is 0. The lowest BCUT2D eigenvalue weighted by atomic mass is 9.89. The quantitative estimate of drug-likeness (QED) is 0.670. The first-order valence-corrected chi connectivity index (χ1v) is 8.38. The van der Waals surface area contributed by atoms with Gasteiger partial charge in [-0.1, -0.05) is 6.42 Å². The third-order valence-corrected chi connectivity index (χ3v) is 5.72. The molecule has 3 unspecified atom stereocenters. The van der Waals surface area contributed by atoms with Crippen molar-refractivity contribution in [2.45, 2.75) is 32.1 Å². The molecule has 2 aliphatic carbocycles. The van der Waals surface area contributed by atoms with E-state index in [-0.39, 0.29) is 5.75 Å². The predicted octanol–water partition coefficient (Wildman–Crippen LogP) is 0.952. The van der Waals surface area contributed by atoms with Crippen molar-refractivity contribution in [1.82, 2.24) is 10.0 Å². The molecule has 0 aliphatic heterocycles. The van der Waals surface area contributed by atoms with E-state index >= 15 is 0 Å². The van der Waals surface area contributed by atoms with Crippen molar-refractivity contribution in [1.29, 1.82) is 0 Å². The van der Waals surface area contributed by atoms with Crippen molar-refractivity contribution in [3.63, 3.8) is 0 Å². The Bertz CT molecular complexity index is 342. The van der Waals surface area contributed by atoms with E-state index in [9.17, 15) is 8.42 Å². The van der Waals surface area contributed by atoms with E-state index in [2.05, 4.69) is 10.0 Å². The van der Waals surface area contributed by atoms with Gasteiger partial charge in [-0.3, -0.25) is 0 Å². The molecule has 17 heavy (non-hydrogen) atoms. The number of nitrogens with one attached hydrogen (secondary N) is 2. The minimum atomic E-state index is -3.05. The minimum absolute atomic E-state index is 0.245. The molecule has 100 valence electrons. The van der Waals surface area contributed by atoms with Gasteiger partial charge in [0, 0.05) is 6.54 Å². The number of rotatable bonds is 7. The fourth-order valence-corrected chi connectivity index (χ4v) is 4.51. The maximum atomic E-state index is 11.7. The zero-order valence-electron chi connectivity index (χ0n) is 10.6. The van der Waals surface area contributed by atoms with Crippen molar-refractivity contribution >= 4 is 10.0 Å². The van der Waals surface area contributed by atoms with Crippen LogP contribution < -0.4 is 10.0 Å². The Balaban J connectivity index is 1.70. The average Bonchev–Trinajstić information content (AvgIpc) is 2.88. The summed E-state index contributed by atoms with van der Waals surface area (Å²) in [7, 11) is -1.21. The molecule has 0 saturated heterocycles. The fraction of sp³-hybridized carbons (Fsp3) is 1.00. The molecule has 2 bridgehead atoms. The number of fused-ring (bicyclic) bond motifs is 2. The fourth-order valence-electron chi connectivity index (χ4n) is 3.37. The molecular weight excluding hydrogens is 236 g/mol. The van der Waals surface area contributed by atoms with Crippen LogP contribution in [0, 0.1) is 17.8 Å². The van der Waals surface area contributed by atoms with Crippen LogP contribution in [0.25, 0.3) is 0 Å². The lowest BCUT2D eigenvalue weighted by Gasteiger charge is -2.21. The normalized spacial score (nSPS) is 32.2. The van der Waals surface area contributed by atoms with Gasteiger partial charge in [0.1, 0.15) is 0 Å². The molecule has 3 atom stereocenters. The second-order valence-electron chi connectivity index (χ2n) is 5.56. The van der Waals surface area contributed by atoms with E-state index in [4.69, 9.17) is 0 Å². The molecule has 2 rings (SSSR count). The van der Waals surface area contributed by atoms with Crippen molar-refractivity contribution < 1.29 is 8.42 Å². The van der Waals surface area contributed by atoms with E-state index in [0.717, 1.165) is 18.4 Å². The summed E-state index contributed by atoms with van der Waals surface area (Å²) in [5.74, 6) is 2.53. The maximum Gasteiger partial charge on any atom is 0.211 e. The van der Waals surface area contributed by atoms with Crippen molar-refractivity contribution in [2.75, 3.05) is 25.9 Å². The lowest BCUT2D eigenvalue weighted by Crippen LogP contribution is -2.33.